The Labute approximate surface area is 158 Å². The molecule has 0 unspecified atom stereocenters. The van der Waals surface area contributed by atoms with Gasteiger partial charge >= 0.3 is 0 Å². The van der Waals surface area contributed by atoms with Crippen molar-refractivity contribution in [1.29, 1.82) is 0 Å². The Bertz CT molecular complexity index is 550. The smallest absolute Gasteiger partial charge is 0.214 e. The van der Waals surface area contributed by atoms with Gasteiger partial charge in [-0.15, -0.1) is 13.2 Å². The lowest BCUT2D eigenvalue weighted by Crippen LogP contribution is -2.37. The van der Waals surface area contributed by atoms with Crippen molar-refractivity contribution in [3.05, 3.63) is 25.3 Å². The van der Waals surface area contributed by atoms with Crippen molar-refractivity contribution in [1.82, 2.24) is 0 Å². The third-order valence-corrected chi connectivity index (χ3v) is 6.74. The van der Waals surface area contributed by atoms with Gasteiger partial charge in [0.2, 0.25) is 20.0 Å². The Kier molecular flexibility index (Phi) is 14.1. The Morgan fingerprint density at radius 2 is 1.08 bits per heavy atom. The van der Waals surface area contributed by atoms with Crippen molar-refractivity contribution in [3.8, 4) is 0 Å². The predicted molar refractivity (Wildman–Crippen MR) is 105 cm³/mol. The molecule has 0 aromatic carbocycles. The molecule has 4 N–H and O–H groups in total. The lowest BCUT2D eigenvalue weighted by molar-refractivity contribution is 0.182. The second-order valence-corrected chi connectivity index (χ2v) is 9.74. The molecular weight excluding hydrogens is 380 g/mol. The molecule has 0 aliphatic rings. The Morgan fingerprint density at radius 3 is 1.23 bits per heavy atom. The maximum atomic E-state index is 11.1. The second-order valence-electron chi connectivity index (χ2n) is 6.17. The van der Waals surface area contributed by atoms with E-state index >= 15 is 0 Å². The highest BCUT2D eigenvalue weighted by Crippen LogP contribution is 2.15. The maximum absolute atomic E-state index is 11.1. The summed E-state index contributed by atoms with van der Waals surface area (Å²) in [7, 11) is -4.13. The van der Waals surface area contributed by atoms with Crippen LogP contribution in [0.1, 0.15) is 26.7 Å². The molecule has 0 radical (unpaired) electrons. The SMILES string of the molecule is C=CC[C@H](C)[C@@H](COC)S(N)(=O)=O.C=CC[C@H](C)[C@H](COC)S(N)(=O)=O. The van der Waals surface area contributed by atoms with Crippen LogP contribution in [0.4, 0.5) is 0 Å². The number of rotatable bonds is 12. The van der Waals surface area contributed by atoms with Crippen LogP contribution in [0.25, 0.3) is 0 Å². The molecular formula is C16H34N2O6S2. The van der Waals surface area contributed by atoms with Crippen molar-refractivity contribution in [2.24, 2.45) is 22.1 Å². The number of nitrogens with two attached hydrogens (primary N) is 2. The summed E-state index contributed by atoms with van der Waals surface area (Å²) >= 11 is 0. The van der Waals surface area contributed by atoms with Crippen LogP contribution in [-0.2, 0) is 29.5 Å². The van der Waals surface area contributed by atoms with E-state index in [1.165, 1.54) is 14.2 Å². The van der Waals surface area contributed by atoms with Crippen LogP contribution in [-0.4, -0.2) is 54.8 Å². The highest BCUT2D eigenvalue weighted by molar-refractivity contribution is 7.90. The fourth-order valence-corrected chi connectivity index (χ4v) is 4.49. The molecule has 0 fully saturated rings. The van der Waals surface area contributed by atoms with E-state index in [2.05, 4.69) is 13.2 Å². The van der Waals surface area contributed by atoms with Gasteiger partial charge in [-0.1, -0.05) is 26.0 Å². The van der Waals surface area contributed by atoms with Gasteiger partial charge in [-0.3, -0.25) is 0 Å². The lowest BCUT2D eigenvalue weighted by Gasteiger charge is -2.19. The van der Waals surface area contributed by atoms with Gasteiger partial charge in [0.15, 0.2) is 0 Å². The van der Waals surface area contributed by atoms with Gasteiger partial charge < -0.3 is 9.47 Å². The zero-order valence-electron chi connectivity index (χ0n) is 16.1. The number of hydrogen-bond donors (Lipinski definition) is 2. The van der Waals surface area contributed by atoms with E-state index in [1.54, 1.807) is 12.2 Å². The highest BCUT2D eigenvalue weighted by Gasteiger charge is 2.27. The molecule has 0 aromatic heterocycles. The summed E-state index contributed by atoms with van der Waals surface area (Å²) in [5.41, 5.74) is 0. The molecule has 0 heterocycles. The monoisotopic (exact) mass is 414 g/mol. The number of primary sulfonamides is 2. The largest absolute Gasteiger partial charge is 0.383 e. The van der Waals surface area contributed by atoms with Crippen LogP contribution in [0.2, 0.25) is 0 Å². The van der Waals surface area contributed by atoms with Crippen molar-refractivity contribution in [2.75, 3.05) is 27.4 Å². The Morgan fingerprint density at radius 1 is 0.808 bits per heavy atom. The molecule has 0 aliphatic heterocycles. The lowest BCUT2D eigenvalue weighted by atomic mass is 10.0. The minimum Gasteiger partial charge on any atom is -0.383 e. The number of ether oxygens (including phenoxy) is 2. The molecule has 0 saturated heterocycles. The number of allylic oxidation sites excluding steroid dienone is 2. The van der Waals surface area contributed by atoms with Gasteiger partial charge in [0.1, 0.15) is 10.5 Å². The number of hydrogen-bond acceptors (Lipinski definition) is 6. The first kappa shape index (κ1) is 27.4. The van der Waals surface area contributed by atoms with Crippen LogP contribution in [0.5, 0.6) is 0 Å². The van der Waals surface area contributed by atoms with Gasteiger partial charge in [0, 0.05) is 14.2 Å². The van der Waals surface area contributed by atoms with Gasteiger partial charge in [0.25, 0.3) is 0 Å². The fourth-order valence-electron chi connectivity index (χ4n) is 2.32. The van der Waals surface area contributed by atoms with Crippen molar-refractivity contribution < 1.29 is 26.3 Å². The first-order valence-electron chi connectivity index (χ1n) is 8.09. The van der Waals surface area contributed by atoms with Crippen molar-refractivity contribution >= 4 is 20.0 Å². The third-order valence-electron chi connectivity index (χ3n) is 3.85. The van der Waals surface area contributed by atoms with E-state index in [-0.39, 0.29) is 25.0 Å². The average Bonchev–Trinajstić information content (AvgIpc) is 2.49. The van der Waals surface area contributed by atoms with E-state index in [0.717, 1.165) is 0 Å². The maximum Gasteiger partial charge on any atom is 0.214 e. The highest BCUT2D eigenvalue weighted by atomic mass is 32.2. The topological polar surface area (TPSA) is 139 Å². The quantitative estimate of drug-likeness (QED) is 0.457. The number of sulfonamides is 2. The van der Waals surface area contributed by atoms with Crippen LogP contribution in [0.3, 0.4) is 0 Å². The van der Waals surface area contributed by atoms with Crippen molar-refractivity contribution in [2.45, 2.75) is 37.2 Å². The predicted octanol–water partition coefficient (Wildman–Crippen LogP) is 1.00. The van der Waals surface area contributed by atoms with E-state index in [0.29, 0.717) is 12.8 Å². The fraction of sp³-hybridized carbons (Fsp3) is 0.750. The first-order chi connectivity index (χ1) is 11.9. The molecule has 0 bridgehead atoms. The van der Waals surface area contributed by atoms with E-state index in [1.807, 2.05) is 13.8 Å². The normalized spacial score (nSPS) is 16.5. The van der Waals surface area contributed by atoms with E-state index in [4.69, 9.17) is 19.8 Å². The zero-order valence-corrected chi connectivity index (χ0v) is 17.8. The molecule has 0 saturated carbocycles. The molecule has 0 amide bonds. The van der Waals surface area contributed by atoms with Crippen LogP contribution < -0.4 is 10.3 Å². The van der Waals surface area contributed by atoms with Gasteiger partial charge in [0.05, 0.1) is 13.2 Å². The molecule has 0 spiro atoms. The second kappa shape index (κ2) is 13.4. The van der Waals surface area contributed by atoms with E-state index in [9.17, 15) is 16.8 Å². The van der Waals surface area contributed by atoms with Gasteiger partial charge in [-0.05, 0) is 24.7 Å². The summed E-state index contributed by atoms with van der Waals surface area (Å²) < 4.78 is 54.0. The summed E-state index contributed by atoms with van der Waals surface area (Å²) in [4.78, 5) is 0. The van der Waals surface area contributed by atoms with Crippen LogP contribution >= 0.6 is 0 Å². The van der Waals surface area contributed by atoms with Gasteiger partial charge in [-0.25, -0.2) is 27.1 Å². The summed E-state index contributed by atoms with van der Waals surface area (Å²) in [5.74, 6) is -0.125. The summed E-state index contributed by atoms with van der Waals surface area (Å²) in [6.07, 6.45) is 4.59. The third kappa shape index (κ3) is 11.8. The number of methoxy groups -OCH3 is 2. The molecule has 0 rings (SSSR count). The standard InChI is InChI=1S/2C8H17NO3S/c2*1-4-5-7(2)8(6-12-3)13(9,10)11/h2*4,7-8H,1,5-6H2,2-3H3,(H2,9,10,11)/t7-,8+;7-,8-/m00/s1. The summed E-state index contributed by atoms with van der Waals surface area (Å²) in [5, 5.41) is 8.82. The van der Waals surface area contributed by atoms with Gasteiger partial charge in [-0.2, -0.15) is 0 Å². The molecule has 0 aromatic rings. The van der Waals surface area contributed by atoms with Crippen molar-refractivity contribution in [3.63, 3.8) is 0 Å². The van der Waals surface area contributed by atoms with Crippen LogP contribution in [0.15, 0.2) is 25.3 Å². The average molecular weight is 415 g/mol. The minimum atomic E-state index is -3.52. The summed E-state index contributed by atoms with van der Waals surface area (Å²) in [6, 6.07) is 0. The Balaban J connectivity index is 0. The molecule has 4 atom stereocenters. The molecule has 10 heteroatoms. The molecule has 156 valence electrons. The minimum absolute atomic E-state index is 0.0625. The molecule has 26 heavy (non-hydrogen) atoms. The summed E-state index contributed by atoms with van der Waals surface area (Å²) in [6.45, 7) is 11.0. The Hall–Kier alpha value is -0.780. The molecule has 8 nitrogen and oxygen atoms in total. The zero-order chi connectivity index (χ0) is 21.0. The first-order valence-corrected chi connectivity index (χ1v) is 11.3. The van der Waals surface area contributed by atoms with E-state index < -0.39 is 30.5 Å². The molecule has 0 aliphatic carbocycles. The van der Waals surface area contributed by atoms with Crippen LogP contribution in [0, 0.1) is 11.8 Å².